The van der Waals surface area contributed by atoms with Gasteiger partial charge in [-0.2, -0.15) is 0 Å². The van der Waals surface area contributed by atoms with E-state index in [-0.39, 0.29) is 10.8 Å². The van der Waals surface area contributed by atoms with Gasteiger partial charge in [0.15, 0.2) is 5.43 Å². The lowest BCUT2D eigenvalue weighted by Gasteiger charge is -2.19. The highest BCUT2D eigenvalue weighted by Crippen LogP contribution is 2.25. The van der Waals surface area contributed by atoms with Crippen molar-refractivity contribution in [1.82, 2.24) is 4.98 Å². The first-order valence-corrected chi connectivity index (χ1v) is 6.52. The number of fused-ring (bicyclic) bond motifs is 3. The number of pyridine rings is 1. The predicted octanol–water partition coefficient (Wildman–Crippen LogP) is 3.98. The molecule has 2 heteroatoms. The van der Waals surface area contributed by atoms with E-state index in [4.69, 9.17) is 0 Å². The van der Waals surface area contributed by atoms with E-state index in [1.54, 1.807) is 6.07 Å². The van der Waals surface area contributed by atoms with Crippen molar-refractivity contribution in [2.45, 2.75) is 26.2 Å². The average Bonchev–Trinajstić information content (AvgIpc) is 2.37. The van der Waals surface area contributed by atoms with Gasteiger partial charge in [0.2, 0.25) is 0 Å². The van der Waals surface area contributed by atoms with Crippen LogP contribution >= 0.6 is 0 Å². The number of benzene rings is 2. The SMILES string of the molecule is CC(C)(C)c1cc(=O)c2ccc3ccccc3c2[nH]1. The summed E-state index contributed by atoms with van der Waals surface area (Å²) in [7, 11) is 0. The molecule has 0 atom stereocenters. The maximum atomic E-state index is 12.3. The summed E-state index contributed by atoms with van der Waals surface area (Å²) in [6.45, 7) is 6.32. The molecule has 0 aliphatic heterocycles. The van der Waals surface area contributed by atoms with Crippen LogP contribution in [0.1, 0.15) is 26.5 Å². The fourth-order valence-electron chi connectivity index (χ4n) is 2.40. The first-order chi connectivity index (χ1) is 8.97. The molecule has 0 saturated carbocycles. The lowest BCUT2D eigenvalue weighted by atomic mass is 9.91. The van der Waals surface area contributed by atoms with Gasteiger partial charge < -0.3 is 4.98 Å². The summed E-state index contributed by atoms with van der Waals surface area (Å²) in [5.41, 5.74) is 1.94. The second-order valence-corrected chi connectivity index (χ2v) is 6.01. The Balaban J connectivity index is 2.51. The molecule has 0 aliphatic rings. The normalized spacial score (nSPS) is 12.2. The molecule has 19 heavy (non-hydrogen) atoms. The van der Waals surface area contributed by atoms with Crippen molar-refractivity contribution in [2.24, 2.45) is 0 Å². The molecule has 96 valence electrons. The average molecular weight is 251 g/mol. The molecule has 0 unspecified atom stereocenters. The van der Waals surface area contributed by atoms with E-state index in [9.17, 15) is 4.79 Å². The van der Waals surface area contributed by atoms with E-state index >= 15 is 0 Å². The van der Waals surface area contributed by atoms with Gasteiger partial charge in [-0.15, -0.1) is 0 Å². The van der Waals surface area contributed by atoms with Gasteiger partial charge in [0.25, 0.3) is 0 Å². The van der Waals surface area contributed by atoms with Crippen molar-refractivity contribution in [1.29, 1.82) is 0 Å². The maximum absolute atomic E-state index is 12.3. The quantitative estimate of drug-likeness (QED) is 0.602. The minimum atomic E-state index is -0.0652. The third-order valence-electron chi connectivity index (χ3n) is 3.54. The molecule has 1 N–H and O–H groups in total. The van der Waals surface area contributed by atoms with E-state index in [0.717, 1.165) is 27.4 Å². The molecule has 1 aromatic heterocycles. The van der Waals surface area contributed by atoms with Crippen LogP contribution in [-0.4, -0.2) is 4.98 Å². The summed E-state index contributed by atoms with van der Waals surface area (Å²) < 4.78 is 0. The Labute approximate surface area is 112 Å². The molecule has 0 bridgehead atoms. The molecule has 0 saturated heterocycles. The molecular formula is C17H17NO. The first-order valence-electron chi connectivity index (χ1n) is 6.52. The minimum absolute atomic E-state index is 0.0652. The van der Waals surface area contributed by atoms with Crippen LogP contribution < -0.4 is 5.43 Å². The summed E-state index contributed by atoms with van der Waals surface area (Å²) in [5.74, 6) is 0. The van der Waals surface area contributed by atoms with Crippen LogP contribution in [0.15, 0.2) is 47.3 Å². The Morgan fingerprint density at radius 2 is 1.68 bits per heavy atom. The third-order valence-corrected chi connectivity index (χ3v) is 3.54. The topological polar surface area (TPSA) is 32.9 Å². The fraction of sp³-hybridized carbons (Fsp3) is 0.235. The number of aromatic amines is 1. The van der Waals surface area contributed by atoms with Gasteiger partial charge in [0.1, 0.15) is 0 Å². The Morgan fingerprint density at radius 3 is 2.42 bits per heavy atom. The maximum Gasteiger partial charge on any atom is 0.189 e. The number of rotatable bonds is 0. The Kier molecular flexibility index (Phi) is 2.49. The summed E-state index contributed by atoms with van der Waals surface area (Å²) in [6.07, 6.45) is 0. The van der Waals surface area contributed by atoms with Gasteiger partial charge in [-0.05, 0) is 11.5 Å². The predicted molar refractivity (Wildman–Crippen MR) is 80.8 cm³/mol. The van der Waals surface area contributed by atoms with Crippen LogP contribution in [0.2, 0.25) is 0 Å². The highest BCUT2D eigenvalue weighted by molar-refractivity contribution is 6.05. The van der Waals surface area contributed by atoms with Crippen molar-refractivity contribution in [2.75, 3.05) is 0 Å². The fourth-order valence-corrected chi connectivity index (χ4v) is 2.40. The third kappa shape index (κ3) is 1.93. The molecule has 2 aromatic carbocycles. The van der Waals surface area contributed by atoms with Crippen molar-refractivity contribution < 1.29 is 0 Å². The molecule has 3 aromatic rings. The zero-order valence-corrected chi connectivity index (χ0v) is 11.4. The van der Waals surface area contributed by atoms with Gasteiger partial charge >= 0.3 is 0 Å². The molecule has 0 radical (unpaired) electrons. The van der Waals surface area contributed by atoms with Crippen LogP contribution in [0.5, 0.6) is 0 Å². The second kappa shape index (κ2) is 3.95. The van der Waals surface area contributed by atoms with Gasteiger partial charge in [-0.25, -0.2) is 0 Å². The highest BCUT2D eigenvalue weighted by Gasteiger charge is 2.16. The zero-order chi connectivity index (χ0) is 13.6. The molecule has 0 amide bonds. The number of H-pyrrole nitrogens is 1. The Morgan fingerprint density at radius 1 is 0.947 bits per heavy atom. The van der Waals surface area contributed by atoms with E-state index in [1.807, 2.05) is 24.3 Å². The second-order valence-electron chi connectivity index (χ2n) is 6.01. The van der Waals surface area contributed by atoms with E-state index in [1.165, 1.54) is 0 Å². The van der Waals surface area contributed by atoms with Gasteiger partial charge in [0, 0.05) is 27.9 Å². The monoisotopic (exact) mass is 251 g/mol. The van der Waals surface area contributed by atoms with Crippen molar-refractivity contribution in [3.8, 4) is 0 Å². The van der Waals surface area contributed by atoms with Crippen molar-refractivity contribution >= 4 is 21.7 Å². The Hall–Kier alpha value is -2.09. The van der Waals surface area contributed by atoms with Gasteiger partial charge in [-0.3, -0.25) is 4.79 Å². The van der Waals surface area contributed by atoms with Crippen LogP contribution in [0.25, 0.3) is 21.7 Å². The van der Waals surface area contributed by atoms with Crippen LogP contribution in [0, 0.1) is 0 Å². The van der Waals surface area contributed by atoms with Crippen LogP contribution in [0.4, 0.5) is 0 Å². The molecular weight excluding hydrogens is 234 g/mol. The summed E-state index contributed by atoms with van der Waals surface area (Å²) in [4.78, 5) is 15.7. The molecule has 2 nitrogen and oxygen atoms in total. The lowest BCUT2D eigenvalue weighted by molar-refractivity contribution is 0.571. The number of aromatic nitrogens is 1. The van der Waals surface area contributed by atoms with Crippen LogP contribution in [-0.2, 0) is 5.41 Å². The molecule has 0 spiro atoms. The highest BCUT2D eigenvalue weighted by atomic mass is 16.1. The zero-order valence-electron chi connectivity index (χ0n) is 11.4. The molecule has 0 aliphatic carbocycles. The largest absolute Gasteiger partial charge is 0.357 e. The first kappa shape index (κ1) is 12.0. The van der Waals surface area contributed by atoms with E-state index < -0.39 is 0 Å². The summed E-state index contributed by atoms with van der Waals surface area (Å²) >= 11 is 0. The van der Waals surface area contributed by atoms with Gasteiger partial charge in [-0.1, -0.05) is 51.1 Å². The number of nitrogens with one attached hydrogen (secondary N) is 1. The summed E-state index contributed by atoms with van der Waals surface area (Å²) in [5, 5.41) is 3.01. The van der Waals surface area contributed by atoms with Crippen molar-refractivity contribution in [3.63, 3.8) is 0 Å². The van der Waals surface area contributed by atoms with Gasteiger partial charge in [0.05, 0.1) is 5.52 Å². The lowest BCUT2D eigenvalue weighted by Crippen LogP contribution is -2.17. The minimum Gasteiger partial charge on any atom is -0.357 e. The molecule has 1 heterocycles. The molecule has 3 rings (SSSR count). The number of hydrogen-bond acceptors (Lipinski definition) is 1. The van der Waals surface area contributed by atoms with E-state index in [0.29, 0.717) is 0 Å². The number of hydrogen-bond donors (Lipinski definition) is 1. The molecule has 0 fully saturated rings. The Bertz CT molecular complexity index is 822. The van der Waals surface area contributed by atoms with E-state index in [2.05, 4.69) is 37.9 Å². The smallest absolute Gasteiger partial charge is 0.189 e. The standard InChI is InChI=1S/C17H17NO/c1-17(2,3)15-10-14(19)13-9-8-11-6-4-5-7-12(11)16(13)18-15/h4-10H,1-3H3,(H,18,19). The van der Waals surface area contributed by atoms with Crippen molar-refractivity contribution in [3.05, 3.63) is 58.4 Å². The van der Waals surface area contributed by atoms with Crippen LogP contribution in [0.3, 0.4) is 0 Å². The summed E-state index contributed by atoms with van der Waals surface area (Å²) in [6, 6.07) is 13.8.